The zero-order chi connectivity index (χ0) is 8.86. The molecule has 0 amide bonds. The number of hydrogen-bond acceptors (Lipinski definition) is 3. The van der Waals surface area contributed by atoms with E-state index in [4.69, 9.17) is 14.2 Å². The summed E-state index contributed by atoms with van der Waals surface area (Å²) in [5.41, 5.74) is -0.151. The zero-order valence-corrected chi connectivity index (χ0v) is 7.45. The molecule has 3 nitrogen and oxygen atoms in total. The van der Waals surface area contributed by atoms with Gasteiger partial charge in [0.2, 0.25) is 0 Å². The summed E-state index contributed by atoms with van der Waals surface area (Å²) in [6, 6.07) is 0. The maximum absolute atomic E-state index is 5.10. The van der Waals surface area contributed by atoms with Crippen molar-refractivity contribution in [3.05, 3.63) is 24.7 Å². The van der Waals surface area contributed by atoms with Gasteiger partial charge < -0.3 is 14.2 Å². The average molecular weight is 170 g/mol. The summed E-state index contributed by atoms with van der Waals surface area (Å²) in [6.45, 7) is 1.22. The fourth-order valence-corrected chi connectivity index (χ4v) is 1.22. The summed E-state index contributed by atoms with van der Waals surface area (Å²) in [5, 5.41) is 0. The van der Waals surface area contributed by atoms with Gasteiger partial charge in [0.15, 0.2) is 0 Å². The molecule has 68 valence electrons. The molecule has 0 radical (unpaired) electrons. The highest BCUT2D eigenvalue weighted by molar-refractivity contribution is 5.12. The second-order valence-corrected chi connectivity index (χ2v) is 2.84. The highest BCUT2D eigenvalue weighted by atomic mass is 16.5. The third-order valence-electron chi connectivity index (χ3n) is 1.78. The second-order valence-electron chi connectivity index (χ2n) is 2.84. The molecule has 1 aliphatic heterocycles. The van der Waals surface area contributed by atoms with Crippen LogP contribution < -0.4 is 0 Å². The van der Waals surface area contributed by atoms with Crippen LogP contribution in [0.15, 0.2) is 24.7 Å². The SMILES string of the molecule is COCC1(COC)C=COC=C1. The van der Waals surface area contributed by atoms with E-state index in [2.05, 4.69) is 0 Å². The summed E-state index contributed by atoms with van der Waals surface area (Å²) in [5.74, 6) is 0. The number of methoxy groups -OCH3 is 2. The van der Waals surface area contributed by atoms with Gasteiger partial charge in [-0.1, -0.05) is 0 Å². The van der Waals surface area contributed by atoms with Crippen LogP contribution in [-0.2, 0) is 14.2 Å². The van der Waals surface area contributed by atoms with E-state index in [1.807, 2.05) is 12.2 Å². The van der Waals surface area contributed by atoms with Gasteiger partial charge in [0, 0.05) is 14.2 Å². The lowest BCUT2D eigenvalue weighted by Gasteiger charge is -2.26. The number of hydrogen-bond donors (Lipinski definition) is 0. The minimum Gasteiger partial charge on any atom is -0.473 e. The van der Waals surface area contributed by atoms with Crippen molar-refractivity contribution >= 4 is 0 Å². The zero-order valence-electron chi connectivity index (χ0n) is 7.45. The van der Waals surface area contributed by atoms with E-state index in [9.17, 15) is 0 Å². The van der Waals surface area contributed by atoms with Crippen molar-refractivity contribution in [2.45, 2.75) is 0 Å². The normalized spacial score (nSPS) is 19.2. The van der Waals surface area contributed by atoms with Crippen LogP contribution in [0.25, 0.3) is 0 Å². The maximum Gasteiger partial charge on any atom is 0.0871 e. The molecule has 0 aliphatic carbocycles. The standard InChI is InChI=1S/C9H14O3/c1-10-7-9(8-11-2)3-5-12-6-4-9/h3-6H,7-8H2,1-2H3. The largest absolute Gasteiger partial charge is 0.473 e. The minimum absolute atomic E-state index is 0.151. The van der Waals surface area contributed by atoms with Crippen molar-refractivity contribution in [3.63, 3.8) is 0 Å². The molecule has 1 aliphatic rings. The van der Waals surface area contributed by atoms with E-state index in [-0.39, 0.29) is 5.41 Å². The average Bonchev–Trinajstić information content (AvgIpc) is 2.07. The Balaban J connectivity index is 2.63. The lowest BCUT2D eigenvalue weighted by atomic mass is 9.89. The van der Waals surface area contributed by atoms with Crippen molar-refractivity contribution < 1.29 is 14.2 Å². The topological polar surface area (TPSA) is 27.7 Å². The van der Waals surface area contributed by atoms with Gasteiger partial charge in [0.05, 0.1) is 31.2 Å². The highest BCUT2D eigenvalue weighted by Crippen LogP contribution is 2.24. The number of ether oxygens (including phenoxy) is 3. The van der Waals surface area contributed by atoms with E-state index in [1.165, 1.54) is 0 Å². The Bertz CT molecular complexity index is 164. The molecule has 0 bridgehead atoms. The Kier molecular flexibility index (Phi) is 3.31. The van der Waals surface area contributed by atoms with Gasteiger partial charge in [-0.05, 0) is 12.2 Å². The van der Waals surface area contributed by atoms with Crippen molar-refractivity contribution in [2.75, 3.05) is 27.4 Å². The maximum atomic E-state index is 5.10. The molecule has 0 N–H and O–H groups in total. The molecule has 0 unspecified atom stereocenters. The Morgan fingerprint density at radius 3 is 2.00 bits per heavy atom. The van der Waals surface area contributed by atoms with Crippen LogP contribution in [0, 0.1) is 5.41 Å². The first-order valence-corrected chi connectivity index (χ1v) is 3.82. The molecule has 0 saturated heterocycles. The molecular formula is C9H14O3. The van der Waals surface area contributed by atoms with Gasteiger partial charge in [-0.2, -0.15) is 0 Å². The van der Waals surface area contributed by atoms with Crippen LogP contribution in [0.5, 0.6) is 0 Å². The van der Waals surface area contributed by atoms with Crippen LogP contribution in [0.3, 0.4) is 0 Å². The first-order valence-electron chi connectivity index (χ1n) is 3.82. The number of rotatable bonds is 4. The molecule has 0 aromatic heterocycles. The van der Waals surface area contributed by atoms with Crippen LogP contribution >= 0.6 is 0 Å². The summed E-state index contributed by atoms with van der Waals surface area (Å²) in [6.07, 6.45) is 7.19. The molecular weight excluding hydrogens is 156 g/mol. The van der Waals surface area contributed by atoms with E-state index >= 15 is 0 Å². The van der Waals surface area contributed by atoms with Gasteiger partial charge in [0.1, 0.15) is 0 Å². The Morgan fingerprint density at radius 1 is 1.08 bits per heavy atom. The van der Waals surface area contributed by atoms with Crippen molar-refractivity contribution in [3.8, 4) is 0 Å². The molecule has 0 atom stereocenters. The highest BCUT2D eigenvalue weighted by Gasteiger charge is 2.25. The van der Waals surface area contributed by atoms with Crippen molar-refractivity contribution in [2.24, 2.45) is 5.41 Å². The predicted molar refractivity (Wildman–Crippen MR) is 45.6 cm³/mol. The van der Waals surface area contributed by atoms with Gasteiger partial charge in [0.25, 0.3) is 0 Å². The molecule has 0 spiro atoms. The summed E-state index contributed by atoms with van der Waals surface area (Å²) < 4.78 is 15.1. The minimum atomic E-state index is -0.151. The third kappa shape index (κ3) is 2.09. The quantitative estimate of drug-likeness (QED) is 0.637. The first-order chi connectivity index (χ1) is 5.83. The Morgan fingerprint density at radius 2 is 1.58 bits per heavy atom. The summed E-state index contributed by atoms with van der Waals surface area (Å²) in [7, 11) is 3.35. The predicted octanol–water partition coefficient (Wildman–Crippen LogP) is 1.32. The van der Waals surface area contributed by atoms with E-state index in [0.717, 1.165) is 0 Å². The first kappa shape index (κ1) is 9.29. The van der Waals surface area contributed by atoms with Crippen molar-refractivity contribution in [1.82, 2.24) is 0 Å². The van der Waals surface area contributed by atoms with E-state index < -0.39 is 0 Å². The smallest absolute Gasteiger partial charge is 0.0871 e. The van der Waals surface area contributed by atoms with Crippen molar-refractivity contribution in [1.29, 1.82) is 0 Å². The fraction of sp³-hybridized carbons (Fsp3) is 0.556. The molecule has 1 heterocycles. The fourth-order valence-electron chi connectivity index (χ4n) is 1.22. The molecule has 0 aromatic rings. The van der Waals surface area contributed by atoms with E-state index in [1.54, 1.807) is 26.7 Å². The summed E-state index contributed by atoms with van der Waals surface area (Å²) in [4.78, 5) is 0. The molecule has 0 aromatic carbocycles. The second kappa shape index (κ2) is 4.28. The lowest BCUT2D eigenvalue weighted by Crippen LogP contribution is -2.28. The Labute approximate surface area is 72.6 Å². The van der Waals surface area contributed by atoms with Crippen LogP contribution in [0.1, 0.15) is 0 Å². The van der Waals surface area contributed by atoms with Gasteiger partial charge in [-0.25, -0.2) is 0 Å². The van der Waals surface area contributed by atoms with Crippen LogP contribution in [-0.4, -0.2) is 27.4 Å². The van der Waals surface area contributed by atoms with E-state index in [0.29, 0.717) is 13.2 Å². The van der Waals surface area contributed by atoms with Gasteiger partial charge >= 0.3 is 0 Å². The van der Waals surface area contributed by atoms with Gasteiger partial charge in [-0.15, -0.1) is 0 Å². The molecule has 0 fully saturated rings. The summed E-state index contributed by atoms with van der Waals surface area (Å²) >= 11 is 0. The third-order valence-corrected chi connectivity index (χ3v) is 1.78. The monoisotopic (exact) mass is 170 g/mol. The molecule has 12 heavy (non-hydrogen) atoms. The Hall–Kier alpha value is -0.800. The molecule has 0 saturated carbocycles. The molecule has 3 heteroatoms. The lowest BCUT2D eigenvalue weighted by molar-refractivity contribution is 0.0627. The molecule has 1 rings (SSSR count). The van der Waals surface area contributed by atoms with Gasteiger partial charge in [-0.3, -0.25) is 0 Å². The van der Waals surface area contributed by atoms with Crippen LogP contribution in [0.2, 0.25) is 0 Å². The van der Waals surface area contributed by atoms with Crippen LogP contribution in [0.4, 0.5) is 0 Å².